The van der Waals surface area contributed by atoms with Gasteiger partial charge in [-0.1, -0.05) is 13.8 Å². The lowest BCUT2D eigenvalue weighted by molar-refractivity contribution is -0.121. The third-order valence-corrected chi connectivity index (χ3v) is 7.04. The number of carbonyl (C=O) groups excluding carboxylic acids is 1. The van der Waals surface area contributed by atoms with Crippen molar-refractivity contribution in [1.82, 2.24) is 4.90 Å². The molecule has 0 atom stereocenters. The fraction of sp³-hybridized carbons (Fsp3) is 0.385. The van der Waals surface area contributed by atoms with Gasteiger partial charge >= 0.3 is 0 Å². The summed E-state index contributed by atoms with van der Waals surface area (Å²) in [5, 5.41) is 0.681. The van der Waals surface area contributed by atoms with Gasteiger partial charge in [-0.2, -0.15) is 0 Å². The molecule has 1 amide bonds. The van der Waals surface area contributed by atoms with E-state index in [0.29, 0.717) is 16.0 Å². The first-order valence-electron chi connectivity index (χ1n) is 11.2. The van der Waals surface area contributed by atoms with E-state index >= 15 is 0 Å². The number of aryl methyl sites for hydroxylation is 1. The molecule has 2 heterocycles. The Bertz CT molecular complexity index is 1090. The van der Waals surface area contributed by atoms with Gasteiger partial charge in [0.2, 0.25) is 0 Å². The summed E-state index contributed by atoms with van der Waals surface area (Å²) in [7, 11) is 3.47. The Kier molecular flexibility index (Phi) is 7.10. The second-order valence-electron chi connectivity index (χ2n) is 8.59. The maximum Gasteiger partial charge on any atom is 0.266 e. The van der Waals surface area contributed by atoms with Crippen molar-refractivity contribution >= 4 is 40.3 Å². The number of amidine groups is 1. The molecular weight excluding hydrogens is 434 g/mol. The van der Waals surface area contributed by atoms with Crippen LogP contribution in [0.15, 0.2) is 46.3 Å². The van der Waals surface area contributed by atoms with Crippen molar-refractivity contribution in [3.05, 3.63) is 58.0 Å². The Hall–Kier alpha value is -2.77. The molecule has 2 fully saturated rings. The van der Waals surface area contributed by atoms with Gasteiger partial charge < -0.3 is 14.4 Å². The number of hydrogen-bond acceptors (Lipinski definition) is 6. The first-order chi connectivity index (χ1) is 15.9. The van der Waals surface area contributed by atoms with Crippen LogP contribution in [0.5, 0.6) is 5.75 Å². The summed E-state index contributed by atoms with van der Waals surface area (Å²) in [6.45, 7) is 9.64. The van der Waals surface area contributed by atoms with Gasteiger partial charge in [0.25, 0.3) is 5.91 Å². The zero-order valence-corrected chi connectivity index (χ0v) is 20.7. The Morgan fingerprint density at radius 1 is 1.15 bits per heavy atom. The van der Waals surface area contributed by atoms with Crippen molar-refractivity contribution in [2.45, 2.75) is 26.7 Å². The molecule has 33 heavy (non-hydrogen) atoms. The van der Waals surface area contributed by atoms with E-state index in [0.717, 1.165) is 54.4 Å². The van der Waals surface area contributed by atoms with Gasteiger partial charge in [-0.05, 0) is 83.8 Å². The van der Waals surface area contributed by atoms with Crippen LogP contribution in [0.25, 0.3) is 6.08 Å². The van der Waals surface area contributed by atoms with Gasteiger partial charge in [0, 0.05) is 25.8 Å². The topological polar surface area (TPSA) is 54.4 Å². The van der Waals surface area contributed by atoms with E-state index in [1.54, 1.807) is 19.1 Å². The third kappa shape index (κ3) is 5.09. The van der Waals surface area contributed by atoms with E-state index < -0.39 is 0 Å². The van der Waals surface area contributed by atoms with Gasteiger partial charge in [-0.3, -0.25) is 9.69 Å². The number of ether oxygens (including phenoxy) is 2. The quantitative estimate of drug-likeness (QED) is 0.569. The van der Waals surface area contributed by atoms with E-state index in [9.17, 15) is 4.79 Å². The molecule has 0 unspecified atom stereocenters. The Labute approximate surface area is 200 Å². The molecule has 2 aromatic carbocycles. The molecule has 4 rings (SSSR count). The number of morpholine rings is 1. The van der Waals surface area contributed by atoms with Crippen LogP contribution < -0.4 is 9.64 Å². The maximum atomic E-state index is 12.9. The van der Waals surface area contributed by atoms with Gasteiger partial charge in [0.15, 0.2) is 5.17 Å². The fourth-order valence-electron chi connectivity index (χ4n) is 3.96. The molecule has 0 radical (unpaired) electrons. The molecule has 174 valence electrons. The summed E-state index contributed by atoms with van der Waals surface area (Å²) in [4.78, 5) is 22.3. The summed E-state index contributed by atoms with van der Waals surface area (Å²) in [5.41, 5.74) is 5.23. The van der Waals surface area contributed by atoms with E-state index in [1.807, 2.05) is 31.2 Å². The molecule has 0 spiro atoms. The number of anilines is 1. The monoisotopic (exact) mass is 465 g/mol. The molecule has 6 nitrogen and oxygen atoms in total. The number of hydrogen-bond donors (Lipinski definition) is 0. The molecule has 0 aromatic heterocycles. The summed E-state index contributed by atoms with van der Waals surface area (Å²) >= 11 is 1.41. The highest BCUT2D eigenvalue weighted by molar-refractivity contribution is 8.18. The van der Waals surface area contributed by atoms with Crippen LogP contribution >= 0.6 is 11.8 Å². The first-order valence-corrected chi connectivity index (χ1v) is 12.1. The van der Waals surface area contributed by atoms with E-state index in [-0.39, 0.29) is 5.91 Å². The summed E-state index contributed by atoms with van der Waals surface area (Å²) in [6, 6.07) is 12.3. The molecule has 0 N–H and O–H groups in total. The molecule has 2 aliphatic rings. The average Bonchev–Trinajstić information content (AvgIpc) is 3.08. The lowest BCUT2D eigenvalue weighted by Crippen LogP contribution is -2.36. The standard InChI is InChI=1S/C26H31N3O3S/c1-17(2)22-15-19(18(3)14-23(22)31-5)16-24-25(30)28(4)26(33-24)27-20-6-8-21(9-7-20)29-10-12-32-13-11-29/h6-9,14-17H,10-13H2,1-5H3/b24-16-,27-26?. The van der Waals surface area contributed by atoms with E-state index in [1.165, 1.54) is 17.4 Å². The molecular formula is C26H31N3O3S. The van der Waals surface area contributed by atoms with Crippen LogP contribution in [-0.4, -0.2) is 56.4 Å². The zero-order valence-electron chi connectivity index (χ0n) is 19.9. The van der Waals surface area contributed by atoms with Crippen molar-refractivity contribution in [2.24, 2.45) is 4.99 Å². The van der Waals surface area contributed by atoms with Gasteiger partial charge in [0.1, 0.15) is 5.75 Å². The number of carbonyl (C=O) groups is 1. The fourth-order valence-corrected chi connectivity index (χ4v) is 4.94. The Morgan fingerprint density at radius 3 is 2.48 bits per heavy atom. The van der Waals surface area contributed by atoms with E-state index in [2.05, 4.69) is 36.9 Å². The van der Waals surface area contributed by atoms with Crippen molar-refractivity contribution in [1.29, 1.82) is 0 Å². The SMILES string of the molecule is COc1cc(C)c(/C=C2\SC(=Nc3ccc(N4CCOCC4)cc3)N(C)C2=O)cc1C(C)C. The van der Waals surface area contributed by atoms with Crippen molar-refractivity contribution in [2.75, 3.05) is 45.4 Å². The van der Waals surface area contributed by atoms with Crippen molar-refractivity contribution < 1.29 is 14.3 Å². The Balaban J connectivity index is 1.57. The zero-order chi connectivity index (χ0) is 23.5. The number of thioether (sulfide) groups is 1. The molecule has 0 aliphatic carbocycles. The molecule has 2 saturated heterocycles. The minimum atomic E-state index is -0.0370. The van der Waals surface area contributed by atoms with Gasteiger partial charge in [-0.25, -0.2) is 4.99 Å². The first kappa shape index (κ1) is 23.4. The van der Waals surface area contributed by atoms with Crippen LogP contribution in [0.1, 0.15) is 36.5 Å². The summed E-state index contributed by atoms with van der Waals surface area (Å²) in [5.74, 6) is 1.17. The number of amides is 1. The minimum absolute atomic E-state index is 0.0370. The third-order valence-electron chi connectivity index (χ3n) is 5.98. The molecule has 2 aliphatic heterocycles. The maximum absolute atomic E-state index is 12.9. The van der Waals surface area contributed by atoms with Crippen LogP contribution in [0, 0.1) is 6.92 Å². The number of likely N-dealkylation sites (N-methyl/N-ethyl adjacent to an activating group) is 1. The normalized spacial score (nSPS) is 19.3. The summed E-state index contributed by atoms with van der Waals surface area (Å²) < 4.78 is 11.0. The second-order valence-corrected chi connectivity index (χ2v) is 9.60. The van der Waals surface area contributed by atoms with E-state index in [4.69, 9.17) is 14.5 Å². The summed E-state index contributed by atoms with van der Waals surface area (Å²) in [6.07, 6.45) is 1.97. The predicted octanol–water partition coefficient (Wildman–Crippen LogP) is 5.20. The molecule has 2 aromatic rings. The highest BCUT2D eigenvalue weighted by Crippen LogP contribution is 2.36. The largest absolute Gasteiger partial charge is 0.496 e. The second kappa shape index (κ2) is 10.0. The number of rotatable bonds is 5. The smallest absolute Gasteiger partial charge is 0.266 e. The average molecular weight is 466 g/mol. The van der Waals surface area contributed by atoms with Crippen molar-refractivity contribution in [3.63, 3.8) is 0 Å². The van der Waals surface area contributed by atoms with Gasteiger partial charge in [-0.15, -0.1) is 0 Å². The number of nitrogens with zero attached hydrogens (tertiary/aromatic N) is 3. The van der Waals surface area contributed by atoms with Crippen LogP contribution in [0.3, 0.4) is 0 Å². The van der Waals surface area contributed by atoms with Crippen LogP contribution in [0.2, 0.25) is 0 Å². The molecule has 7 heteroatoms. The lowest BCUT2D eigenvalue weighted by Gasteiger charge is -2.28. The lowest BCUT2D eigenvalue weighted by atomic mass is 9.96. The number of aliphatic imine (C=N–C) groups is 1. The highest BCUT2D eigenvalue weighted by atomic mass is 32.2. The Morgan fingerprint density at radius 2 is 1.85 bits per heavy atom. The number of methoxy groups -OCH3 is 1. The van der Waals surface area contributed by atoms with Crippen LogP contribution in [-0.2, 0) is 9.53 Å². The predicted molar refractivity (Wildman–Crippen MR) is 137 cm³/mol. The minimum Gasteiger partial charge on any atom is -0.496 e. The van der Waals surface area contributed by atoms with Crippen molar-refractivity contribution in [3.8, 4) is 5.75 Å². The number of benzene rings is 2. The molecule has 0 bridgehead atoms. The molecule has 0 saturated carbocycles. The van der Waals surface area contributed by atoms with Gasteiger partial charge in [0.05, 0.1) is 30.9 Å². The van der Waals surface area contributed by atoms with Crippen LogP contribution in [0.4, 0.5) is 11.4 Å². The highest BCUT2D eigenvalue weighted by Gasteiger charge is 2.30.